The number of nitrogens with zero attached hydrogens (tertiary/aromatic N) is 1. The number of esters is 1. The lowest BCUT2D eigenvalue weighted by molar-refractivity contribution is 0.0602. The molecule has 0 spiro atoms. The van der Waals surface area contributed by atoms with E-state index in [9.17, 15) is 4.79 Å². The first-order chi connectivity index (χ1) is 7.13. The summed E-state index contributed by atoms with van der Waals surface area (Å²) in [5, 5.41) is 8.78. The first kappa shape index (κ1) is 11.1. The molecule has 0 bridgehead atoms. The van der Waals surface area contributed by atoms with E-state index in [0.29, 0.717) is 17.7 Å². The van der Waals surface area contributed by atoms with Crippen LogP contribution in [0.3, 0.4) is 0 Å². The molecule has 0 aliphatic rings. The highest BCUT2D eigenvalue weighted by molar-refractivity contribution is 5.96. The zero-order valence-electron chi connectivity index (χ0n) is 8.70. The van der Waals surface area contributed by atoms with Crippen molar-refractivity contribution in [1.82, 2.24) is 0 Å². The summed E-state index contributed by atoms with van der Waals surface area (Å²) in [6.45, 7) is 1.91. The number of rotatable bonds is 2. The largest absolute Gasteiger partial charge is 0.465 e. The van der Waals surface area contributed by atoms with Crippen molar-refractivity contribution in [3.05, 3.63) is 28.8 Å². The second-order valence-corrected chi connectivity index (χ2v) is 3.05. The third-order valence-corrected chi connectivity index (χ3v) is 2.18. The van der Waals surface area contributed by atoms with Crippen LogP contribution in [0.15, 0.2) is 12.1 Å². The Hall–Kier alpha value is -2.02. The van der Waals surface area contributed by atoms with Crippen molar-refractivity contribution in [1.29, 1.82) is 5.26 Å². The molecule has 0 saturated carbocycles. The second kappa shape index (κ2) is 4.47. The normalized spacial score (nSPS) is 9.40. The Morgan fingerprint density at radius 2 is 2.27 bits per heavy atom. The maximum Gasteiger partial charge on any atom is 0.340 e. The van der Waals surface area contributed by atoms with E-state index in [2.05, 4.69) is 4.74 Å². The van der Waals surface area contributed by atoms with E-state index in [1.165, 1.54) is 13.2 Å². The summed E-state index contributed by atoms with van der Waals surface area (Å²) in [4.78, 5) is 11.4. The molecule has 15 heavy (non-hydrogen) atoms. The molecule has 1 rings (SSSR count). The number of benzene rings is 1. The minimum Gasteiger partial charge on any atom is -0.465 e. The third kappa shape index (κ3) is 2.08. The van der Waals surface area contributed by atoms with Crippen LogP contribution in [0.5, 0.6) is 0 Å². The van der Waals surface area contributed by atoms with Crippen LogP contribution in [0, 0.1) is 11.3 Å². The number of ether oxygens (including phenoxy) is 1. The molecule has 0 saturated heterocycles. The van der Waals surface area contributed by atoms with Gasteiger partial charge in [0.1, 0.15) is 0 Å². The van der Waals surface area contributed by atoms with Crippen LogP contribution < -0.4 is 5.73 Å². The molecular weight excluding hydrogens is 192 g/mol. The predicted octanol–water partition coefficient (Wildman–Crippen LogP) is 1.49. The van der Waals surface area contributed by atoms with Crippen molar-refractivity contribution < 1.29 is 9.53 Å². The third-order valence-electron chi connectivity index (χ3n) is 2.18. The molecular formula is C11H12N2O2. The second-order valence-electron chi connectivity index (χ2n) is 3.05. The highest BCUT2D eigenvalue weighted by atomic mass is 16.5. The van der Waals surface area contributed by atoms with Crippen LogP contribution in [0.1, 0.15) is 28.4 Å². The van der Waals surface area contributed by atoms with Crippen molar-refractivity contribution in [3.63, 3.8) is 0 Å². The van der Waals surface area contributed by atoms with E-state index in [4.69, 9.17) is 11.0 Å². The Bertz CT molecular complexity index is 433. The molecule has 4 heteroatoms. The SMILES string of the molecule is CCc1cc(C#N)cc(C(=O)OC)c1N. The summed E-state index contributed by atoms with van der Waals surface area (Å²) < 4.78 is 4.59. The van der Waals surface area contributed by atoms with Gasteiger partial charge in [-0.05, 0) is 24.1 Å². The maximum atomic E-state index is 11.4. The van der Waals surface area contributed by atoms with Crippen LogP contribution in [-0.2, 0) is 11.2 Å². The van der Waals surface area contributed by atoms with E-state index in [-0.39, 0.29) is 5.56 Å². The molecule has 0 radical (unpaired) electrons. The summed E-state index contributed by atoms with van der Waals surface area (Å²) in [5.41, 5.74) is 7.64. The van der Waals surface area contributed by atoms with Gasteiger partial charge in [-0.1, -0.05) is 6.92 Å². The lowest BCUT2D eigenvalue weighted by atomic mass is 10.0. The number of nitriles is 1. The lowest BCUT2D eigenvalue weighted by Gasteiger charge is -2.08. The van der Waals surface area contributed by atoms with Gasteiger partial charge in [0.05, 0.1) is 24.3 Å². The Labute approximate surface area is 88.3 Å². The molecule has 0 amide bonds. The Morgan fingerprint density at radius 1 is 1.60 bits per heavy atom. The number of aryl methyl sites for hydroxylation is 1. The molecule has 0 heterocycles. The average molecular weight is 204 g/mol. The van der Waals surface area contributed by atoms with Gasteiger partial charge < -0.3 is 10.5 Å². The fraction of sp³-hybridized carbons (Fsp3) is 0.273. The summed E-state index contributed by atoms with van der Waals surface area (Å²) in [7, 11) is 1.28. The van der Waals surface area contributed by atoms with Crippen molar-refractivity contribution >= 4 is 11.7 Å². The monoisotopic (exact) mass is 204 g/mol. The molecule has 0 unspecified atom stereocenters. The van der Waals surface area contributed by atoms with Gasteiger partial charge in [-0.2, -0.15) is 5.26 Å². The van der Waals surface area contributed by atoms with Gasteiger partial charge in [-0.15, -0.1) is 0 Å². The minimum absolute atomic E-state index is 0.258. The molecule has 0 aliphatic carbocycles. The van der Waals surface area contributed by atoms with Gasteiger partial charge in [0.15, 0.2) is 0 Å². The van der Waals surface area contributed by atoms with Gasteiger partial charge >= 0.3 is 5.97 Å². The molecule has 0 aliphatic heterocycles. The topological polar surface area (TPSA) is 76.1 Å². The molecule has 1 aromatic carbocycles. The lowest BCUT2D eigenvalue weighted by Crippen LogP contribution is -2.08. The van der Waals surface area contributed by atoms with Gasteiger partial charge in [0.2, 0.25) is 0 Å². The maximum absolute atomic E-state index is 11.4. The number of hydrogen-bond donors (Lipinski definition) is 1. The zero-order chi connectivity index (χ0) is 11.4. The highest BCUT2D eigenvalue weighted by Gasteiger charge is 2.14. The quantitative estimate of drug-likeness (QED) is 0.585. The van der Waals surface area contributed by atoms with E-state index >= 15 is 0 Å². The standard InChI is InChI=1S/C11H12N2O2/c1-3-8-4-7(6-12)5-9(10(8)13)11(14)15-2/h4-5H,3,13H2,1-2H3. The Kier molecular flexibility index (Phi) is 3.29. The van der Waals surface area contributed by atoms with Crippen LogP contribution in [0.2, 0.25) is 0 Å². The first-order valence-corrected chi connectivity index (χ1v) is 4.54. The smallest absolute Gasteiger partial charge is 0.340 e. The summed E-state index contributed by atoms with van der Waals surface area (Å²) in [6, 6.07) is 5.11. The van der Waals surface area contributed by atoms with Crippen molar-refractivity contribution in [2.45, 2.75) is 13.3 Å². The van der Waals surface area contributed by atoms with Gasteiger partial charge in [0, 0.05) is 5.69 Å². The Balaban J connectivity index is 3.38. The van der Waals surface area contributed by atoms with Gasteiger partial charge in [-0.25, -0.2) is 4.79 Å². The molecule has 0 aromatic heterocycles. The van der Waals surface area contributed by atoms with Crippen molar-refractivity contribution in [2.75, 3.05) is 12.8 Å². The zero-order valence-corrected chi connectivity index (χ0v) is 8.70. The number of nitrogen functional groups attached to an aromatic ring is 1. The molecule has 0 fully saturated rings. The van der Waals surface area contributed by atoms with Gasteiger partial charge in [-0.3, -0.25) is 0 Å². The van der Waals surface area contributed by atoms with E-state index in [1.807, 2.05) is 13.0 Å². The van der Waals surface area contributed by atoms with Crippen LogP contribution >= 0.6 is 0 Å². The number of carbonyl (C=O) groups excluding carboxylic acids is 1. The first-order valence-electron chi connectivity index (χ1n) is 4.54. The van der Waals surface area contributed by atoms with E-state index < -0.39 is 5.97 Å². The fourth-order valence-corrected chi connectivity index (χ4v) is 1.35. The predicted molar refractivity (Wildman–Crippen MR) is 56.3 cm³/mol. The summed E-state index contributed by atoms with van der Waals surface area (Å²) >= 11 is 0. The number of carbonyl (C=O) groups is 1. The number of hydrogen-bond acceptors (Lipinski definition) is 4. The molecule has 4 nitrogen and oxygen atoms in total. The van der Waals surface area contributed by atoms with E-state index in [0.717, 1.165) is 5.56 Å². The van der Waals surface area contributed by atoms with Crippen molar-refractivity contribution in [2.24, 2.45) is 0 Å². The van der Waals surface area contributed by atoms with Crippen LogP contribution in [0.25, 0.3) is 0 Å². The highest BCUT2D eigenvalue weighted by Crippen LogP contribution is 2.21. The molecule has 78 valence electrons. The average Bonchev–Trinajstić information content (AvgIpc) is 2.28. The summed E-state index contributed by atoms with van der Waals surface area (Å²) in [6.07, 6.45) is 0.672. The minimum atomic E-state index is -0.515. The molecule has 2 N–H and O–H groups in total. The molecule has 0 atom stereocenters. The summed E-state index contributed by atoms with van der Waals surface area (Å²) in [5.74, 6) is -0.515. The fourth-order valence-electron chi connectivity index (χ4n) is 1.35. The number of anilines is 1. The Morgan fingerprint density at radius 3 is 2.73 bits per heavy atom. The van der Waals surface area contributed by atoms with Crippen LogP contribution in [0.4, 0.5) is 5.69 Å². The van der Waals surface area contributed by atoms with Crippen molar-refractivity contribution in [3.8, 4) is 6.07 Å². The van der Waals surface area contributed by atoms with E-state index in [1.54, 1.807) is 6.07 Å². The number of methoxy groups -OCH3 is 1. The van der Waals surface area contributed by atoms with Gasteiger partial charge in [0.25, 0.3) is 0 Å². The number of nitrogens with two attached hydrogens (primary N) is 1. The molecule has 1 aromatic rings. The van der Waals surface area contributed by atoms with Crippen LogP contribution in [-0.4, -0.2) is 13.1 Å².